The Kier molecular flexibility index (Phi) is 5.45. The van der Waals surface area contributed by atoms with Gasteiger partial charge in [0, 0.05) is 32.0 Å². The fourth-order valence-electron chi connectivity index (χ4n) is 3.23. The van der Waals surface area contributed by atoms with Crippen LogP contribution in [0.25, 0.3) is 0 Å². The van der Waals surface area contributed by atoms with Crippen molar-refractivity contribution in [1.29, 1.82) is 0 Å². The fourth-order valence-corrected chi connectivity index (χ4v) is 4.20. The van der Waals surface area contributed by atoms with Crippen molar-refractivity contribution >= 4 is 27.5 Å². The second-order valence-corrected chi connectivity index (χ2v) is 8.85. The van der Waals surface area contributed by atoms with E-state index in [1.807, 2.05) is 0 Å². The van der Waals surface area contributed by atoms with Crippen LogP contribution in [0, 0.1) is 5.92 Å². The number of hydrogen-bond donors (Lipinski definition) is 0. The van der Waals surface area contributed by atoms with Gasteiger partial charge < -0.3 is 9.64 Å². The first-order valence-electron chi connectivity index (χ1n) is 8.21. The maximum absolute atomic E-state index is 12.7. The van der Waals surface area contributed by atoms with Crippen LogP contribution in [-0.4, -0.2) is 72.0 Å². The number of ether oxygens (including phenoxy) is 1. The minimum Gasteiger partial charge on any atom is -0.458 e. The molecule has 0 aromatic carbocycles. The Morgan fingerprint density at radius 3 is 2.44 bits per heavy atom. The summed E-state index contributed by atoms with van der Waals surface area (Å²) in [4.78, 5) is 22.4. The summed E-state index contributed by atoms with van der Waals surface area (Å²) < 4.78 is 30.2. The first-order valence-corrected chi connectivity index (χ1v) is 10.4. The smallest absolute Gasteiger partial charge is 0.316 e. The van der Waals surface area contributed by atoms with Crippen LogP contribution in [0.4, 0.5) is 0 Å². The number of amides is 1. The van der Waals surface area contributed by atoms with Crippen LogP contribution in [-0.2, 0) is 14.8 Å². The highest BCUT2D eigenvalue weighted by Gasteiger charge is 2.35. The van der Waals surface area contributed by atoms with Gasteiger partial charge in [-0.25, -0.2) is 22.7 Å². The first kappa shape index (κ1) is 18.3. The third kappa shape index (κ3) is 4.59. The SMILES string of the molecule is CS(=O)(=O)N1CCC(C(=O)N2CC[C@@H](Oc3ncc(Cl)cn3)C2)CC1. The van der Waals surface area contributed by atoms with E-state index < -0.39 is 10.0 Å². The van der Waals surface area contributed by atoms with Crippen molar-refractivity contribution in [3.63, 3.8) is 0 Å². The van der Waals surface area contributed by atoms with E-state index in [0.717, 1.165) is 6.42 Å². The number of piperidine rings is 1. The zero-order valence-corrected chi connectivity index (χ0v) is 15.5. The first-order chi connectivity index (χ1) is 11.8. The molecule has 1 atom stereocenters. The number of aromatic nitrogens is 2. The minimum absolute atomic E-state index is 0.0799. The van der Waals surface area contributed by atoms with Crippen molar-refractivity contribution in [3.8, 4) is 6.01 Å². The lowest BCUT2D eigenvalue weighted by Crippen LogP contribution is -2.43. The van der Waals surface area contributed by atoms with Gasteiger partial charge in [0.15, 0.2) is 0 Å². The Morgan fingerprint density at radius 2 is 1.84 bits per heavy atom. The molecule has 0 aliphatic carbocycles. The van der Waals surface area contributed by atoms with Crippen molar-refractivity contribution in [2.24, 2.45) is 5.92 Å². The Hall–Kier alpha value is -1.45. The van der Waals surface area contributed by atoms with Crippen molar-refractivity contribution in [3.05, 3.63) is 17.4 Å². The van der Waals surface area contributed by atoms with Crippen LogP contribution in [0.1, 0.15) is 19.3 Å². The summed E-state index contributed by atoms with van der Waals surface area (Å²) >= 11 is 5.74. The highest BCUT2D eigenvalue weighted by Crippen LogP contribution is 2.24. The van der Waals surface area contributed by atoms with Crippen molar-refractivity contribution in [2.45, 2.75) is 25.4 Å². The van der Waals surface area contributed by atoms with E-state index in [1.165, 1.54) is 23.0 Å². The summed E-state index contributed by atoms with van der Waals surface area (Å²) in [5.41, 5.74) is 0. The van der Waals surface area contributed by atoms with Gasteiger partial charge in [-0.3, -0.25) is 4.79 Å². The third-order valence-electron chi connectivity index (χ3n) is 4.60. The number of rotatable bonds is 4. The molecule has 2 fully saturated rings. The summed E-state index contributed by atoms with van der Waals surface area (Å²) in [5, 5.41) is 0.441. The molecule has 1 aromatic rings. The third-order valence-corrected chi connectivity index (χ3v) is 6.10. The molecule has 0 bridgehead atoms. The van der Waals surface area contributed by atoms with Gasteiger partial charge in [-0.2, -0.15) is 0 Å². The van der Waals surface area contributed by atoms with E-state index in [9.17, 15) is 13.2 Å². The Bertz CT molecular complexity index is 720. The Morgan fingerprint density at radius 1 is 1.20 bits per heavy atom. The molecule has 138 valence electrons. The van der Waals surface area contributed by atoms with E-state index in [1.54, 1.807) is 4.90 Å². The number of halogens is 1. The normalized spacial score (nSPS) is 23.0. The van der Waals surface area contributed by atoms with Crippen LogP contribution >= 0.6 is 11.6 Å². The van der Waals surface area contributed by atoms with E-state index in [0.29, 0.717) is 44.0 Å². The van der Waals surface area contributed by atoms with Crippen LogP contribution in [0.3, 0.4) is 0 Å². The summed E-state index contributed by atoms with van der Waals surface area (Å²) in [5.74, 6) is -0.0418. The zero-order valence-electron chi connectivity index (χ0n) is 14.0. The van der Waals surface area contributed by atoms with Crippen LogP contribution in [0.2, 0.25) is 5.02 Å². The lowest BCUT2D eigenvalue weighted by atomic mass is 9.97. The zero-order chi connectivity index (χ0) is 18.0. The molecule has 10 heteroatoms. The van der Waals surface area contributed by atoms with E-state index in [4.69, 9.17) is 16.3 Å². The molecule has 0 N–H and O–H groups in total. The molecule has 0 saturated carbocycles. The lowest BCUT2D eigenvalue weighted by Gasteiger charge is -2.31. The van der Waals surface area contributed by atoms with Gasteiger partial charge in [0.25, 0.3) is 0 Å². The van der Waals surface area contributed by atoms with Gasteiger partial charge in [-0.15, -0.1) is 0 Å². The fraction of sp³-hybridized carbons (Fsp3) is 0.667. The molecule has 0 spiro atoms. The second kappa shape index (κ2) is 7.43. The van der Waals surface area contributed by atoms with Crippen LogP contribution < -0.4 is 4.74 Å². The number of carbonyl (C=O) groups excluding carboxylic acids is 1. The lowest BCUT2D eigenvalue weighted by molar-refractivity contribution is -0.135. The average molecular weight is 389 g/mol. The molecule has 1 aromatic heterocycles. The molecule has 2 aliphatic heterocycles. The Labute approximate surface area is 152 Å². The number of carbonyl (C=O) groups is 1. The van der Waals surface area contributed by atoms with Gasteiger partial charge in [0.2, 0.25) is 15.9 Å². The number of hydrogen-bond acceptors (Lipinski definition) is 6. The average Bonchev–Trinajstić information content (AvgIpc) is 3.04. The molecular formula is C15H21ClN4O4S. The topological polar surface area (TPSA) is 92.7 Å². The van der Waals surface area contributed by atoms with Gasteiger partial charge in [0.05, 0.1) is 30.2 Å². The summed E-state index contributed by atoms with van der Waals surface area (Å²) in [6.07, 6.45) is 5.86. The largest absolute Gasteiger partial charge is 0.458 e. The summed E-state index contributed by atoms with van der Waals surface area (Å²) in [6, 6.07) is 0.255. The van der Waals surface area contributed by atoms with Gasteiger partial charge in [-0.1, -0.05) is 11.6 Å². The van der Waals surface area contributed by atoms with Crippen molar-refractivity contribution in [1.82, 2.24) is 19.2 Å². The monoisotopic (exact) mass is 388 g/mol. The van der Waals surface area contributed by atoms with Crippen molar-refractivity contribution in [2.75, 3.05) is 32.4 Å². The van der Waals surface area contributed by atoms with E-state index in [-0.39, 0.29) is 23.9 Å². The predicted octanol–water partition coefficient (Wildman–Crippen LogP) is 0.781. The summed E-state index contributed by atoms with van der Waals surface area (Å²) in [6.45, 7) is 1.93. The number of sulfonamides is 1. The number of likely N-dealkylation sites (tertiary alicyclic amines) is 1. The highest BCUT2D eigenvalue weighted by atomic mass is 35.5. The summed E-state index contributed by atoms with van der Waals surface area (Å²) in [7, 11) is -3.18. The highest BCUT2D eigenvalue weighted by molar-refractivity contribution is 7.88. The molecule has 3 heterocycles. The number of nitrogens with zero attached hydrogens (tertiary/aromatic N) is 4. The molecule has 8 nitrogen and oxygen atoms in total. The van der Waals surface area contributed by atoms with Gasteiger partial charge in [-0.05, 0) is 12.8 Å². The van der Waals surface area contributed by atoms with Gasteiger partial charge >= 0.3 is 6.01 Å². The molecule has 2 saturated heterocycles. The molecule has 3 rings (SSSR count). The maximum Gasteiger partial charge on any atom is 0.316 e. The molecule has 1 amide bonds. The molecular weight excluding hydrogens is 368 g/mol. The van der Waals surface area contributed by atoms with Gasteiger partial charge in [0.1, 0.15) is 6.10 Å². The van der Waals surface area contributed by atoms with E-state index >= 15 is 0 Å². The molecule has 25 heavy (non-hydrogen) atoms. The van der Waals surface area contributed by atoms with E-state index in [2.05, 4.69) is 9.97 Å². The molecule has 2 aliphatic rings. The van der Waals surface area contributed by atoms with Crippen molar-refractivity contribution < 1.29 is 17.9 Å². The molecule has 0 unspecified atom stereocenters. The Balaban J connectivity index is 1.50. The quantitative estimate of drug-likeness (QED) is 0.756. The minimum atomic E-state index is -3.18. The van der Waals surface area contributed by atoms with Crippen LogP contribution in [0.5, 0.6) is 6.01 Å². The predicted molar refractivity (Wildman–Crippen MR) is 91.8 cm³/mol. The standard InChI is InChI=1S/C15H21ClN4O4S/c1-25(22,23)20-6-2-11(3-7-20)14(21)19-5-4-13(10-19)24-15-17-8-12(16)9-18-15/h8-9,11,13H,2-7,10H2,1H3/t13-/m1/s1. The second-order valence-electron chi connectivity index (χ2n) is 6.43. The molecule has 0 radical (unpaired) electrons. The maximum atomic E-state index is 12.7. The van der Waals surface area contributed by atoms with Crippen LogP contribution in [0.15, 0.2) is 12.4 Å².